The second kappa shape index (κ2) is 6.98. The van der Waals surface area contributed by atoms with E-state index in [-0.39, 0.29) is 5.04 Å². The number of hydrogen-bond donors (Lipinski definition) is 0. The molecule has 0 atom stereocenters. The van der Waals surface area contributed by atoms with Gasteiger partial charge in [-0.25, -0.2) is 0 Å². The average Bonchev–Trinajstić information content (AvgIpc) is 3.07. The molecule has 1 heterocycles. The first kappa shape index (κ1) is 17.6. The quantitative estimate of drug-likeness (QED) is 0.491. The molecule has 1 aromatic heterocycles. The first-order valence-corrected chi connectivity index (χ1v) is 11.1. The summed E-state index contributed by atoms with van der Waals surface area (Å²) >= 11 is 1.49. The third kappa shape index (κ3) is 3.19. The van der Waals surface area contributed by atoms with Crippen LogP contribution in [0, 0.1) is 0 Å². The molecule has 2 aromatic carbocycles. The van der Waals surface area contributed by atoms with Gasteiger partial charge in [0, 0.05) is 0 Å². The lowest BCUT2D eigenvalue weighted by molar-refractivity contribution is 0.112. The maximum absolute atomic E-state index is 11.4. The van der Waals surface area contributed by atoms with Crippen LogP contribution >= 0.6 is 11.3 Å². The van der Waals surface area contributed by atoms with Crippen molar-refractivity contribution >= 4 is 36.3 Å². The molecule has 0 aliphatic rings. The molecule has 4 heteroatoms. The summed E-state index contributed by atoms with van der Waals surface area (Å²) in [5, 5.41) is 4.93. The van der Waals surface area contributed by atoms with Crippen LogP contribution in [0.4, 0.5) is 0 Å². The number of carbonyl (C=O) groups excluding carboxylic acids is 1. The third-order valence-corrected chi connectivity index (χ3v) is 10.3. The molecular formula is C21H22O2SSi. The summed E-state index contributed by atoms with van der Waals surface area (Å²) in [7, 11) is -2.65. The fraction of sp³-hybridized carbons (Fsp3) is 0.190. The van der Waals surface area contributed by atoms with Gasteiger partial charge >= 0.3 is 8.32 Å². The highest BCUT2D eigenvalue weighted by Crippen LogP contribution is 2.39. The fourth-order valence-corrected chi connectivity index (χ4v) is 8.75. The minimum atomic E-state index is -2.65. The monoisotopic (exact) mass is 366 g/mol. The molecular weight excluding hydrogens is 344 g/mol. The van der Waals surface area contributed by atoms with Crippen LogP contribution in [0.5, 0.6) is 5.06 Å². The Morgan fingerprint density at radius 2 is 1.40 bits per heavy atom. The number of rotatable bonds is 5. The second-order valence-electron chi connectivity index (χ2n) is 7.05. The molecule has 0 radical (unpaired) electrons. The minimum absolute atomic E-state index is 0.111. The minimum Gasteiger partial charge on any atom is -0.527 e. The van der Waals surface area contributed by atoms with Crippen molar-refractivity contribution < 1.29 is 9.22 Å². The standard InChI is InChI=1S/C21H22O2SSi/c1-21(2,3)25(18-10-6-4-7-11-18,19-12-8-5-9-13-19)23-20-17(16-22)14-15-24-20/h4-16H,1-3H3. The molecule has 2 nitrogen and oxygen atoms in total. The normalized spacial score (nSPS) is 12.0. The number of carbonyl (C=O) groups is 1. The molecule has 0 saturated carbocycles. The Balaban J connectivity index is 2.28. The van der Waals surface area contributed by atoms with Crippen LogP contribution in [0.15, 0.2) is 72.1 Å². The molecule has 3 rings (SSSR count). The van der Waals surface area contributed by atoms with Crippen LogP contribution < -0.4 is 14.8 Å². The maximum Gasteiger partial charge on any atom is 0.321 e. The van der Waals surface area contributed by atoms with E-state index >= 15 is 0 Å². The smallest absolute Gasteiger partial charge is 0.321 e. The Kier molecular flexibility index (Phi) is 4.93. The Hall–Kier alpha value is -2.17. The van der Waals surface area contributed by atoms with Gasteiger partial charge in [0.1, 0.15) is 0 Å². The van der Waals surface area contributed by atoms with Gasteiger partial charge in [0.2, 0.25) is 0 Å². The molecule has 0 aliphatic carbocycles. The number of benzene rings is 2. The van der Waals surface area contributed by atoms with Gasteiger partial charge in [0.25, 0.3) is 0 Å². The van der Waals surface area contributed by atoms with Crippen LogP contribution in [-0.2, 0) is 0 Å². The van der Waals surface area contributed by atoms with Crippen molar-refractivity contribution in [2.24, 2.45) is 0 Å². The molecule has 0 bridgehead atoms. The molecule has 0 spiro atoms. The van der Waals surface area contributed by atoms with E-state index in [9.17, 15) is 4.79 Å². The Morgan fingerprint density at radius 1 is 0.880 bits per heavy atom. The lowest BCUT2D eigenvalue weighted by atomic mass is 10.2. The van der Waals surface area contributed by atoms with Crippen LogP contribution in [0.2, 0.25) is 5.04 Å². The van der Waals surface area contributed by atoms with Gasteiger partial charge in [-0.3, -0.25) is 4.79 Å². The van der Waals surface area contributed by atoms with Crippen molar-refractivity contribution in [2.75, 3.05) is 0 Å². The van der Waals surface area contributed by atoms with Crippen molar-refractivity contribution in [3.05, 3.63) is 77.7 Å². The summed E-state index contributed by atoms with van der Waals surface area (Å²) in [4.78, 5) is 11.4. The van der Waals surface area contributed by atoms with E-state index in [2.05, 4.69) is 69.3 Å². The molecule has 3 aromatic rings. The largest absolute Gasteiger partial charge is 0.527 e. The predicted octanol–water partition coefficient (Wildman–Crippen LogP) is 4.50. The molecule has 0 unspecified atom stereocenters. The zero-order valence-electron chi connectivity index (χ0n) is 14.7. The lowest BCUT2D eigenvalue weighted by Crippen LogP contribution is -2.68. The zero-order valence-corrected chi connectivity index (χ0v) is 16.5. The summed E-state index contributed by atoms with van der Waals surface area (Å²) in [6.07, 6.45) is 0.879. The highest BCUT2D eigenvalue weighted by Gasteiger charge is 2.52. The summed E-state index contributed by atoms with van der Waals surface area (Å²) in [5.74, 6) is 0. The van der Waals surface area contributed by atoms with E-state index in [1.54, 1.807) is 0 Å². The van der Waals surface area contributed by atoms with Crippen LogP contribution in [0.25, 0.3) is 0 Å². The Bertz CT molecular complexity index is 796. The number of thiophene rings is 1. The zero-order chi connectivity index (χ0) is 17.9. The van der Waals surface area contributed by atoms with Crippen molar-refractivity contribution in [1.29, 1.82) is 0 Å². The molecule has 0 aliphatic heterocycles. The maximum atomic E-state index is 11.4. The SMILES string of the molecule is CC(C)(C)[Si](Oc1sccc1C=O)(c1ccccc1)c1ccccc1. The van der Waals surface area contributed by atoms with E-state index < -0.39 is 8.32 Å². The van der Waals surface area contributed by atoms with Crippen LogP contribution in [-0.4, -0.2) is 14.6 Å². The molecule has 128 valence electrons. The van der Waals surface area contributed by atoms with Gasteiger partial charge in [0.05, 0.1) is 5.56 Å². The molecule has 0 fully saturated rings. The van der Waals surface area contributed by atoms with Crippen molar-refractivity contribution in [1.82, 2.24) is 0 Å². The Labute approximate surface area is 154 Å². The average molecular weight is 367 g/mol. The summed E-state index contributed by atoms with van der Waals surface area (Å²) < 4.78 is 6.83. The predicted molar refractivity (Wildman–Crippen MR) is 108 cm³/mol. The van der Waals surface area contributed by atoms with Crippen molar-refractivity contribution in [3.8, 4) is 5.06 Å². The molecule has 0 saturated heterocycles. The van der Waals surface area contributed by atoms with Gasteiger partial charge in [-0.1, -0.05) is 81.4 Å². The first-order valence-electron chi connectivity index (χ1n) is 8.32. The summed E-state index contributed by atoms with van der Waals surface area (Å²) in [5.41, 5.74) is 0.623. The van der Waals surface area contributed by atoms with Crippen molar-refractivity contribution in [3.63, 3.8) is 0 Å². The summed E-state index contributed by atoms with van der Waals surface area (Å²) in [6.45, 7) is 6.69. The topological polar surface area (TPSA) is 26.3 Å². The molecule has 0 amide bonds. The van der Waals surface area contributed by atoms with Gasteiger partial charge < -0.3 is 4.43 Å². The van der Waals surface area contributed by atoms with E-state index in [0.29, 0.717) is 10.6 Å². The van der Waals surface area contributed by atoms with Crippen LogP contribution in [0.3, 0.4) is 0 Å². The first-order chi connectivity index (χ1) is 12.0. The highest BCUT2D eigenvalue weighted by atomic mass is 32.1. The highest BCUT2D eigenvalue weighted by molar-refractivity contribution is 7.13. The molecule has 25 heavy (non-hydrogen) atoms. The van der Waals surface area contributed by atoms with E-state index in [0.717, 1.165) is 6.29 Å². The third-order valence-electron chi connectivity index (χ3n) is 4.45. The van der Waals surface area contributed by atoms with Crippen molar-refractivity contribution in [2.45, 2.75) is 25.8 Å². The van der Waals surface area contributed by atoms with E-state index in [4.69, 9.17) is 4.43 Å². The lowest BCUT2D eigenvalue weighted by Gasteiger charge is -2.42. The number of aldehydes is 1. The van der Waals surface area contributed by atoms with Gasteiger partial charge in [-0.15, -0.1) is 11.3 Å². The van der Waals surface area contributed by atoms with E-state index in [1.807, 2.05) is 23.6 Å². The van der Waals surface area contributed by atoms with Gasteiger partial charge in [0.15, 0.2) is 11.3 Å². The summed E-state index contributed by atoms with van der Waals surface area (Å²) in [6, 6.07) is 22.7. The molecule has 0 N–H and O–H groups in total. The second-order valence-corrected chi connectivity index (χ2v) is 12.1. The number of hydrogen-bond acceptors (Lipinski definition) is 3. The van der Waals surface area contributed by atoms with Gasteiger partial charge in [-0.05, 0) is 26.9 Å². The Morgan fingerprint density at radius 3 is 1.84 bits per heavy atom. The van der Waals surface area contributed by atoms with E-state index in [1.165, 1.54) is 21.7 Å². The van der Waals surface area contributed by atoms with Crippen LogP contribution in [0.1, 0.15) is 31.1 Å². The van der Waals surface area contributed by atoms with Gasteiger partial charge in [-0.2, -0.15) is 0 Å². The fourth-order valence-electron chi connectivity index (χ4n) is 3.26.